The van der Waals surface area contributed by atoms with Crippen LogP contribution < -0.4 is 0 Å². The van der Waals surface area contributed by atoms with E-state index in [1.807, 2.05) is 11.6 Å². The zero-order valence-corrected chi connectivity index (χ0v) is 10.1. The molecule has 15 heavy (non-hydrogen) atoms. The molecule has 0 spiro atoms. The van der Waals surface area contributed by atoms with E-state index in [4.69, 9.17) is 0 Å². The molecule has 0 aromatic carbocycles. The Labute approximate surface area is 93.8 Å². The van der Waals surface area contributed by atoms with Crippen LogP contribution in [-0.4, -0.2) is 14.8 Å². The molecule has 2 rings (SSSR count). The molecule has 0 N–H and O–H groups in total. The summed E-state index contributed by atoms with van der Waals surface area (Å²) in [5, 5.41) is 7.54. The fourth-order valence-electron chi connectivity index (χ4n) is 1.60. The molecule has 4 heteroatoms. The molecule has 2 heterocycles. The van der Waals surface area contributed by atoms with E-state index in [1.165, 1.54) is 5.69 Å². The lowest BCUT2D eigenvalue weighted by molar-refractivity contribution is 0.599. The zero-order chi connectivity index (χ0) is 10.8. The molecule has 0 amide bonds. The molecule has 3 nitrogen and oxygen atoms in total. The van der Waals surface area contributed by atoms with E-state index >= 15 is 0 Å². The lowest BCUT2D eigenvalue weighted by Gasteiger charge is -2.06. The number of rotatable bonds is 3. The molecular weight excluding hydrogens is 206 g/mol. The summed E-state index contributed by atoms with van der Waals surface area (Å²) in [4.78, 5) is 4.28. The van der Waals surface area contributed by atoms with E-state index in [2.05, 4.69) is 41.6 Å². The Kier molecular flexibility index (Phi) is 2.86. The van der Waals surface area contributed by atoms with Crippen molar-refractivity contribution in [1.29, 1.82) is 0 Å². The number of thiazole rings is 1. The summed E-state index contributed by atoms with van der Waals surface area (Å²) >= 11 is 1.63. The van der Waals surface area contributed by atoms with Crippen molar-refractivity contribution in [2.24, 2.45) is 0 Å². The lowest BCUT2D eigenvalue weighted by atomic mass is 10.1. The first-order valence-corrected chi connectivity index (χ1v) is 6.08. The summed E-state index contributed by atoms with van der Waals surface area (Å²) in [6.07, 6.45) is 1.82. The molecular formula is C11H15N3S. The summed E-state index contributed by atoms with van der Waals surface area (Å²) in [5.41, 5.74) is 2.28. The van der Waals surface area contributed by atoms with Gasteiger partial charge in [0.2, 0.25) is 0 Å². The first-order chi connectivity index (χ1) is 7.22. The van der Waals surface area contributed by atoms with Gasteiger partial charge in [0.25, 0.3) is 0 Å². The predicted molar refractivity (Wildman–Crippen MR) is 63.1 cm³/mol. The average molecular weight is 221 g/mol. The third-order valence-corrected chi connectivity index (χ3v) is 3.15. The van der Waals surface area contributed by atoms with Gasteiger partial charge in [-0.25, -0.2) is 4.98 Å². The molecule has 0 saturated heterocycles. The quantitative estimate of drug-likeness (QED) is 0.797. The number of hydrogen-bond acceptors (Lipinski definition) is 3. The minimum atomic E-state index is 0.506. The van der Waals surface area contributed by atoms with Crippen molar-refractivity contribution in [3.63, 3.8) is 0 Å². The molecule has 0 radical (unpaired) electrons. The van der Waals surface area contributed by atoms with E-state index in [1.54, 1.807) is 11.3 Å². The highest BCUT2D eigenvalue weighted by Gasteiger charge is 2.12. The van der Waals surface area contributed by atoms with Crippen LogP contribution in [0.1, 0.15) is 32.4 Å². The first kappa shape index (κ1) is 10.4. The van der Waals surface area contributed by atoms with Gasteiger partial charge >= 0.3 is 0 Å². The van der Waals surface area contributed by atoms with Crippen molar-refractivity contribution in [3.05, 3.63) is 23.3 Å². The van der Waals surface area contributed by atoms with Crippen LogP contribution in [0.3, 0.4) is 0 Å². The van der Waals surface area contributed by atoms with Crippen molar-refractivity contribution in [3.8, 4) is 10.7 Å². The zero-order valence-electron chi connectivity index (χ0n) is 9.27. The molecule has 0 aliphatic carbocycles. The molecule has 2 aromatic rings. The van der Waals surface area contributed by atoms with E-state index < -0.39 is 0 Å². The van der Waals surface area contributed by atoms with Gasteiger partial charge in [-0.1, -0.05) is 13.8 Å². The summed E-state index contributed by atoms with van der Waals surface area (Å²) in [6, 6.07) is 2.15. The van der Waals surface area contributed by atoms with Gasteiger partial charge in [-0.15, -0.1) is 11.3 Å². The average Bonchev–Trinajstić information content (AvgIpc) is 2.86. The van der Waals surface area contributed by atoms with Gasteiger partial charge in [0.05, 0.1) is 0 Å². The van der Waals surface area contributed by atoms with Crippen LogP contribution in [0, 0.1) is 0 Å². The van der Waals surface area contributed by atoms with E-state index in [0.29, 0.717) is 5.92 Å². The Morgan fingerprint density at radius 1 is 1.47 bits per heavy atom. The van der Waals surface area contributed by atoms with Gasteiger partial charge in [-0.3, -0.25) is 4.68 Å². The van der Waals surface area contributed by atoms with Crippen LogP contribution in [0.25, 0.3) is 10.7 Å². The van der Waals surface area contributed by atoms with Crippen LogP contribution in [0.4, 0.5) is 0 Å². The Hall–Kier alpha value is -1.16. The topological polar surface area (TPSA) is 30.7 Å². The second-order valence-electron chi connectivity index (χ2n) is 3.76. The van der Waals surface area contributed by atoms with Crippen LogP contribution in [0.15, 0.2) is 17.6 Å². The standard InChI is InChI=1S/C11H15N3S/c1-4-14-10(8(2)3)7-9(13-14)11-12-5-6-15-11/h5-8H,4H2,1-3H3. The number of hydrogen-bond donors (Lipinski definition) is 0. The van der Waals surface area contributed by atoms with E-state index in [9.17, 15) is 0 Å². The second-order valence-corrected chi connectivity index (χ2v) is 4.66. The molecule has 0 atom stereocenters. The molecule has 0 bridgehead atoms. The maximum Gasteiger partial charge on any atom is 0.143 e. The first-order valence-electron chi connectivity index (χ1n) is 5.20. The Bertz CT molecular complexity index is 429. The smallest absolute Gasteiger partial charge is 0.143 e. The molecule has 2 aromatic heterocycles. The summed E-state index contributed by atoms with van der Waals surface area (Å²) < 4.78 is 2.06. The minimum Gasteiger partial charge on any atom is -0.269 e. The molecule has 0 aliphatic heterocycles. The van der Waals surface area contributed by atoms with Crippen molar-refractivity contribution in [2.75, 3.05) is 0 Å². The van der Waals surface area contributed by atoms with Crippen molar-refractivity contribution in [1.82, 2.24) is 14.8 Å². The highest BCUT2D eigenvalue weighted by molar-refractivity contribution is 7.13. The lowest BCUT2D eigenvalue weighted by Crippen LogP contribution is -2.03. The largest absolute Gasteiger partial charge is 0.269 e. The maximum atomic E-state index is 4.56. The number of aromatic nitrogens is 3. The fraction of sp³-hybridized carbons (Fsp3) is 0.455. The minimum absolute atomic E-state index is 0.506. The van der Waals surface area contributed by atoms with Crippen molar-refractivity contribution >= 4 is 11.3 Å². The van der Waals surface area contributed by atoms with Gasteiger partial charge in [-0.05, 0) is 18.9 Å². The monoisotopic (exact) mass is 221 g/mol. The van der Waals surface area contributed by atoms with Crippen LogP contribution in [0.5, 0.6) is 0 Å². The van der Waals surface area contributed by atoms with Gasteiger partial charge in [0.1, 0.15) is 10.7 Å². The summed E-state index contributed by atoms with van der Waals surface area (Å²) in [7, 11) is 0. The van der Waals surface area contributed by atoms with E-state index in [-0.39, 0.29) is 0 Å². The molecule has 0 unspecified atom stereocenters. The predicted octanol–water partition coefficient (Wildman–Crippen LogP) is 3.15. The van der Waals surface area contributed by atoms with Crippen molar-refractivity contribution in [2.45, 2.75) is 33.2 Å². The Morgan fingerprint density at radius 2 is 2.27 bits per heavy atom. The highest BCUT2D eigenvalue weighted by Crippen LogP contribution is 2.24. The number of aryl methyl sites for hydroxylation is 1. The Morgan fingerprint density at radius 3 is 2.73 bits per heavy atom. The summed E-state index contributed by atoms with van der Waals surface area (Å²) in [6.45, 7) is 7.41. The molecule has 80 valence electrons. The Balaban J connectivity index is 2.43. The maximum absolute atomic E-state index is 4.56. The molecule has 0 saturated carbocycles. The third-order valence-electron chi connectivity index (χ3n) is 2.35. The van der Waals surface area contributed by atoms with Gasteiger partial charge < -0.3 is 0 Å². The van der Waals surface area contributed by atoms with Gasteiger partial charge in [0.15, 0.2) is 0 Å². The van der Waals surface area contributed by atoms with Crippen LogP contribution in [0.2, 0.25) is 0 Å². The molecule has 0 aliphatic rings. The SMILES string of the molecule is CCn1nc(-c2nccs2)cc1C(C)C. The fourth-order valence-corrected chi connectivity index (χ4v) is 2.20. The van der Waals surface area contributed by atoms with Gasteiger partial charge in [-0.2, -0.15) is 5.10 Å². The molecule has 0 fully saturated rings. The van der Waals surface area contributed by atoms with E-state index in [0.717, 1.165) is 17.2 Å². The van der Waals surface area contributed by atoms with Gasteiger partial charge in [0, 0.05) is 23.8 Å². The summed E-state index contributed by atoms with van der Waals surface area (Å²) in [5.74, 6) is 0.506. The van der Waals surface area contributed by atoms with Crippen LogP contribution >= 0.6 is 11.3 Å². The second kappa shape index (κ2) is 4.14. The van der Waals surface area contributed by atoms with Crippen molar-refractivity contribution < 1.29 is 0 Å². The number of nitrogens with zero attached hydrogens (tertiary/aromatic N) is 3. The highest BCUT2D eigenvalue weighted by atomic mass is 32.1. The normalized spacial score (nSPS) is 11.2. The van der Waals surface area contributed by atoms with Crippen LogP contribution in [-0.2, 0) is 6.54 Å². The third kappa shape index (κ3) is 1.95.